The molecule has 0 unspecified atom stereocenters. The Labute approximate surface area is 137 Å². The van der Waals surface area contributed by atoms with Crippen molar-refractivity contribution in [3.63, 3.8) is 0 Å². The van der Waals surface area contributed by atoms with E-state index in [1.807, 2.05) is 0 Å². The van der Waals surface area contributed by atoms with E-state index in [1.54, 1.807) is 0 Å². The lowest BCUT2D eigenvalue weighted by Crippen LogP contribution is -2.54. The largest absolute Gasteiger partial charge is 0.481 e. The zero-order valence-electron chi connectivity index (χ0n) is 12.8. The summed E-state index contributed by atoms with van der Waals surface area (Å²) in [6.45, 7) is 0. The summed E-state index contributed by atoms with van der Waals surface area (Å²) in [6.07, 6.45) is 2.35. The number of carboxylic acid groups (broad SMARTS) is 1. The van der Waals surface area contributed by atoms with E-state index < -0.39 is 37.9 Å². The summed E-state index contributed by atoms with van der Waals surface area (Å²) in [5.74, 6) is -1.80. The first-order chi connectivity index (χ1) is 11.0. The van der Waals surface area contributed by atoms with Crippen LogP contribution in [0, 0.1) is 10.1 Å². The van der Waals surface area contributed by atoms with Gasteiger partial charge in [-0.25, -0.2) is 8.42 Å². The second-order valence-electron chi connectivity index (χ2n) is 5.90. The fourth-order valence-corrected chi connectivity index (χ4v) is 3.26. The second kappa shape index (κ2) is 6.19. The minimum absolute atomic E-state index is 0.193. The number of nitrogens with one attached hydrogen (secondary N) is 1. The number of carbonyl (C=O) groups excluding carboxylic acids is 1. The molecule has 2 rings (SSSR count). The Balaban J connectivity index is 2.36. The summed E-state index contributed by atoms with van der Waals surface area (Å²) in [7, 11) is -3.75. The Morgan fingerprint density at radius 1 is 1.33 bits per heavy atom. The van der Waals surface area contributed by atoms with Crippen LogP contribution >= 0.6 is 0 Å². The van der Waals surface area contributed by atoms with Crippen molar-refractivity contribution in [2.75, 3.05) is 6.26 Å². The van der Waals surface area contributed by atoms with Crippen molar-refractivity contribution in [2.45, 2.75) is 36.1 Å². The molecule has 1 aromatic carbocycles. The van der Waals surface area contributed by atoms with Crippen LogP contribution in [0.3, 0.4) is 0 Å². The Morgan fingerprint density at radius 2 is 1.96 bits per heavy atom. The van der Waals surface area contributed by atoms with Crippen LogP contribution in [0.1, 0.15) is 36.0 Å². The van der Waals surface area contributed by atoms with Crippen LogP contribution in [0.25, 0.3) is 0 Å². The molecule has 0 heterocycles. The van der Waals surface area contributed by atoms with Gasteiger partial charge < -0.3 is 10.4 Å². The maximum Gasteiger partial charge on any atom is 0.305 e. The molecule has 130 valence electrons. The highest BCUT2D eigenvalue weighted by atomic mass is 32.2. The first kappa shape index (κ1) is 17.9. The molecule has 0 aliphatic heterocycles. The predicted octanol–water partition coefficient (Wildman–Crippen LogP) is 1.13. The number of nitro benzene ring substituents is 1. The minimum Gasteiger partial charge on any atom is -0.481 e. The van der Waals surface area contributed by atoms with Crippen molar-refractivity contribution in [2.24, 2.45) is 0 Å². The van der Waals surface area contributed by atoms with Crippen LogP contribution in [0.2, 0.25) is 0 Å². The normalized spacial score (nSPS) is 16.0. The lowest BCUT2D eigenvalue weighted by Gasteiger charge is -2.41. The molecule has 0 spiro atoms. The van der Waals surface area contributed by atoms with Gasteiger partial charge in [-0.3, -0.25) is 19.7 Å². The van der Waals surface area contributed by atoms with Crippen molar-refractivity contribution in [3.05, 3.63) is 33.9 Å². The van der Waals surface area contributed by atoms with Gasteiger partial charge in [0.2, 0.25) is 0 Å². The Hall–Kier alpha value is -2.49. The highest BCUT2D eigenvalue weighted by Crippen LogP contribution is 2.35. The van der Waals surface area contributed by atoms with Crippen LogP contribution in [0.5, 0.6) is 0 Å². The van der Waals surface area contributed by atoms with Crippen LogP contribution in [0.4, 0.5) is 5.69 Å². The van der Waals surface area contributed by atoms with Gasteiger partial charge in [0.1, 0.15) is 0 Å². The van der Waals surface area contributed by atoms with Crippen LogP contribution in [-0.2, 0) is 14.6 Å². The van der Waals surface area contributed by atoms with Crippen molar-refractivity contribution < 1.29 is 28.0 Å². The second-order valence-corrected chi connectivity index (χ2v) is 7.92. The number of nitro groups is 1. The van der Waals surface area contributed by atoms with Gasteiger partial charge in [0.05, 0.1) is 21.8 Å². The quantitative estimate of drug-likeness (QED) is 0.574. The monoisotopic (exact) mass is 356 g/mol. The molecule has 1 aromatic rings. The molecular formula is C14H16N2O7S. The van der Waals surface area contributed by atoms with Gasteiger partial charge in [-0.05, 0) is 25.3 Å². The maximum atomic E-state index is 12.4. The van der Waals surface area contributed by atoms with Crippen LogP contribution in [0.15, 0.2) is 23.1 Å². The zero-order chi connectivity index (χ0) is 18.1. The summed E-state index contributed by atoms with van der Waals surface area (Å²) in [6, 6.07) is 2.89. The average Bonchev–Trinajstić information content (AvgIpc) is 2.42. The highest BCUT2D eigenvalue weighted by molar-refractivity contribution is 7.90. The summed E-state index contributed by atoms with van der Waals surface area (Å²) in [5, 5.41) is 22.5. The number of sulfone groups is 1. The third-order valence-corrected chi connectivity index (χ3v) is 5.06. The molecule has 0 aromatic heterocycles. The molecule has 24 heavy (non-hydrogen) atoms. The maximum absolute atomic E-state index is 12.4. The summed E-state index contributed by atoms with van der Waals surface area (Å²) >= 11 is 0. The van der Waals surface area contributed by atoms with E-state index in [-0.39, 0.29) is 16.9 Å². The number of carbonyl (C=O) groups is 2. The number of rotatable bonds is 6. The molecule has 9 nitrogen and oxygen atoms in total. The van der Waals surface area contributed by atoms with E-state index in [0.717, 1.165) is 30.9 Å². The van der Waals surface area contributed by atoms with Gasteiger partial charge in [-0.15, -0.1) is 0 Å². The molecule has 1 saturated carbocycles. The lowest BCUT2D eigenvalue weighted by atomic mass is 9.74. The number of hydrogen-bond acceptors (Lipinski definition) is 6. The highest BCUT2D eigenvalue weighted by Gasteiger charge is 2.40. The first-order valence-corrected chi connectivity index (χ1v) is 8.95. The molecule has 1 aliphatic carbocycles. The molecule has 0 saturated heterocycles. The van der Waals surface area contributed by atoms with E-state index in [4.69, 9.17) is 5.11 Å². The summed E-state index contributed by atoms with van der Waals surface area (Å²) < 4.78 is 23.3. The Kier molecular flexibility index (Phi) is 4.61. The van der Waals surface area contributed by atoms with Gasteiger partial charge in [0.25, 0.3) is 11.6 Å². The number of benzene rings is 1. The lowest BCUT2D eigenvalue weighted by molar-refractivity contribution is -0.385. The molecule has 1 fully saturated rings. The van der Waals surface area contributed by atoms with Crippen molar-refractivity contribution in [1.82, 2.24) is 5.32 Å². The number of non-ortho nitro benzene ring substituents is 1. The zero-order valence-corrected chi connectivity index (χ0v) is 13.6. The summed E-state index contributed by atoms with van der Waals surface area (Å²) in [4.78, 5) is 33.1. The van der Waals surface area contributed by atoms with Crippen molar-refractivity contribution in [1.29, 1.82) is 0 Å². The first-order valence-electron chi connectivity index (χ1n) is 7.06. The molecule has 0 bridgehead atoms. The van der Waals surface area contributed by atoms with E-state index in [1.165, 1.54) is 0 Å². The summed E-state index contributed by atoms with van der Waals surface area (Å²) in [5.41, 5.74) is -1.61. The van der Waals surface area contributed by atoms with Crippen LogP contribution in [-0.4, -0.2) is 42.1 Å². The molecule has 2 N–H and O–H groups in total. The number of amides is 1. The van der Waals surface area contributed by atoms with Crippen LogP contribution < -0.4 is 5.32 Å². The van der Waals surface area contributed by atoms with E-state index in [9.17, 15) is 28.1 Å². The van der Waals surface area contributed by atoms with E-state index >= 15 is 0 Å². The van der Waals surface area contributed by atoms with Gasteiger partial charge in [-0.2, -0.15) is 0 Å². The molecular weight excluding hydrogens is 340 g/mol. The molecule has 1 amide bonds. The van der Waals surface area contributed by atoms with Gasteiger partial charge in [0.15, 0.2) is 9.84 Å². The Bertz CT molecular complexity index is 812. The Morgan fingerprint density at radius 3 is 2.38 bits per heavy atom. The van der Waals surface area contributed by atoms with Crippen molar-refractivity contribution >= 4 is 27.4 Å². The molecule has 10 heteroatoms. The minimum atomic E-state index is -3.75. The molecule has 1 aliphatic rings. The van der Waals surface area contributed by atoms with Gasteiger partial charge in [0, 0.05) is 24.0 Å². The topological polar surface area (TPSA) is 144 Å². The number of aliphatic carboxylic acids is 1. The van der Waals surface area contributed by atoms with Gasteiger partial charge >= 0.3 is 5.97 Å². The number of carboxylic acids is 1. The number of hydrogen-bond donors (Lipinski definition) is 2. The predicted molar refractivity (Wildman–Crippen MR) is 82.5 cm³/mol. The SMILES string of the molecule is CS(=O)(=O)c1cc(C(=O)NC2(CC(=O)O)CCC2)cc([N+](=O)[O-])c1. The van der Waals surface area contributed by atoms with Gasteiger partial charge in [-0.1, -0.05) is 0 Å². The number of nitrogens with zero attached hydrogens (tertiary/aromatic N) is 1. The van der Waals surface area contributed by atoms with E-state index in [0.29, 0.717) is 12.8 Å². The third-order valence-electron chi connectivity index (χ3n) is 3.97. The standard InChI is InChI=1S/C14H16N2O7S/c1-24(22,23)11-6-9(5-10(7-11)16(20)21)13(19)15-14(3-2-4-14)8-12(17)18/h5-7H,2-4,8H2,1H3,(H,15,19)(H,17,18). The van der Waals surface area contributed by atoms with E-state index in [2.05, 4.69) is 5.32 Å². The fourth-order valence-electron chi connectivity index (χ4n) is 2.59. The smallest absolute Gasteiger partial charge is 0.305 e. The third kappa shape index (κ3) is 3.88. The molecule has 0 atom stereocenters. The molecule has 0 radical (unpaired) electrons. The fraction of sp³-hybridized carbons (Fsp3) is 0.429. The average molecular weight is 356 g/mol. The van der Waals surface area contributed by atoms with Crippen molar-refractivity contribution in [3.8, 4) is 0 Å².